The van der Waals surface area contributed by atoms with Gasteiger partial charge in [-0.25, -0.2) is 9.59 Å². The minimum absolute atomic E-state index is 0.181. The van der Waals surface area contributed by atoms with E-state index in [9.17, 15) is 14.4 Å². The Bertz CT molecular complexity index is 1230. The maximum absolute atomic E-state index is 13.0. The van der Waals surface area contributed by atoms with Crippen LogP contribution in [0.5, 0.6) is 0 Å². The van der Waals surface area contributed by atoms with Crippen LogP contribution in [0, 0.1) is 0 Å². The number of hydrogen-bond acceptors (Lipinski definition) is 8. The summed E-state index contributed by atoms with van der Waals surface area (Å²) in [7, 11) is 0. The van der Waals surface area contributed by atoms with Crippen molar-refractivity contribution in [1.82, 2.24) is 15.5 Å². The van der Waals surface area contributed by atoms with Crippen molar-refractivity contribution in [2.24, 2.45) is 0 Å². The van der Waals surface area contributed by atoms with Crippen molar-refractivity contribution in [3.8, 4) is 0 Å². The minimum atomic E-state index is -1.55. The summed E-state index contributed by atoms with van der Waals surface area (Å²) < 4.78 is 11.2. The first kappa shape index (κ1) is 31.6. The quantitative estimate of drug-likeness (QED) is 0.0946. The standard InChI is InChI=1S/C31H40N4O5S/c1-30(2,3)34-29(38)40-31(23-36,17-7-8-18-33-28(37)39-22-25-10-5-4-6-11-25)35(21-27-12-9-19-41-27)20-24-13-15-26(32)16-14-24/h4-6,9-16,19,23H,7-8,17-18,20-22,32H2,1-3H3,(H,33,37)(H,34,38)/t31-/m0/s1. The molecule has 0 aliphatic carbocycles. The molecular weight excluding hydrogens is 540 g/mol. The molecule has 1 atom stereocenters. The monoisotopic (exact) mass is 580 g/mol. The van der Waals surface area contributed by atoms with Gasteiger partial charge in [-0.3, -0.25) is 9.69 Å². The third-order valence-corrected chi connectivity index (χ3v) is 7.05. The highest BCUT2D eigenvalue weighted by molar-refractivity contribution is 7.09. The smallest absolute Gasteiger partial charge is 0.409 e. The summed E-state index contributed by atoms with van der Waals surface area (Å²) in [5.41, 5.74) is 6.24. The summed E-state index contributed by atoms with van der Waals surface area (Å²) in [6.45, 7) is 6.81. The molecule has 41 heavy (non-hydrogen) atoms. The molecule has 9 nitrogen and oxygen atoms in total. The lowest BCUT2D eigenvalue weighted by Gasteiger charge is -2.39. The summed E-state index contributed by atoms with van der Waals surface area (Å²) in [6.07, 6.45) is 0.800. The molecule has 0 radical (unpaired) electrons. The van der Waals surface area contributed by atoms with Crippen LogP contribution < -0.4 is 16.4 Å². The first-order valence-electron chi connectivity index (χ1n) is 13.6. The van der Waals surface area contributed by atoms with Gasteiger partial charge in [0.05, 0.1) is 0 Å². The minimum Gasteiger partial charge on any atom is -0.445 e. The van der Waals surface area contributed by atoms with Crippen LogP contribution in [0.3, 0.4) is 0 Å². The van der Waals surface area contributed by atoms with Crippen molar-refractivity contribution in [1.29, 1.82) is 0 Å². The second-order valence-corrected chi connectivity index (χ2v) is 11.9. The fourth-order valence-electron chi connectivity index (χ4n) is 4.15. The third kappa shape index (κ3) is 10.9. The molecule has 0 aliphatic rings. The van der Waals surface area contributed by atoms with Gasteiger partial charge in [0.25, 0.3) is 0 Å². The van der Waals surface area contributed by atoms with E-state index in [1.165, 1.54) is 0 Å². The van der Waals surface area contributed by atoms with Crippen LogP contribution >= 0.6 is 11.3 Å². The molecule has 0 fully saturated rings. The van der Waals surface area contributed by atoms with Crippen LogP contribution in [0.4, 0.5) is 15.3 Å². The van der Waals surface area contributed by atoms with Gasteiger partial charge in [-0.1, -0.05) is 48.5 Å². The molecule has 1 heterocycles. The van der Waals surface area contributed by atoms with Crippen LogP contribution in [0.15, 0.2) is 72.1 Å². The topological polar surface area (TPSA) is 123 Å². The Balaban J connectivity index is 1.71. The number of nitrogens with one attached hydrogen (secondary N) is 2. The predicted octanol–water partition coefficient (Wildman–Crippen LogP) is 5.85. The van der Waals surface area contributed by atoms with E-state index in [1.807, 2.05) is 85.6 Å². The Kier molecular flexibility index (Phi) is 11.7. The van der Waals surface area contributed by atoms with E-state index in [-0.39, 0.29) is 13.0 Å². The lowest BCUT2D eigenvalue weighted by Crippen LogP contribution is -2.55. The van der Waals surface area contributed by atoms with Gasteiger partial charge in [-0.15, -0.1) is 11.3 Å². The molecule has 0 saturated carbocycles. The van der Waals surface area contributed by atoms with Gasteiger partial charge in [0.15, 0.2) is 6.29 Å². The zero-order valence-corrected chi connectivity index (χ0v) is 24.7. The van der Waals surface area contributed by atoms with Crippen molar-refractivity contribution in [2.45, 2.75) is 71.0 Å². The van der Waals surface area contributed by atoms with Gasteiger partial charge >= 0.3 is 12.2 Å². The molecule has 0 unspecified atom stereocenters. The molecule has 2 aromatic carbocycles. The van der Waals surface area contributed by atoms with Crippen LogP contribution in [-0.4, -0.2) is 41.2 Å². The van der Waals surface area contributed by atoms with Crippen LogP contribution in [0.2, 0.25) is 0 Å². The number of rotatable bonds is 14. The molecule has 3 aromatic rings. The average molecular weight is 581 g/mol. The number of carbonyl (C=O) groups excluding carboxylic acids is 3. The number of amides is 2. The first-order chi connectivity index (χ1) is 19.6. The Hall–Kier alpha value is -3.89. The van der Waals surface area contributed by atoms with Crippen LogP contribution in [0.25, 0.3) is 0 Å². The summed E-state index contributed by atoms with van der Waals surface area (Å²) >= 11 is 1.56. The lowest BCUT2D eigenvalue weighted by molar-refractivity contribution is -0.154. The van der Waals surface area contributed by atoms with E-state index in [1.54, 1.807) is 23.5 Å². The molecule has 2 amide bonds. The van der Waals surface area contributed by atoms with Gasteiger partial charge in [0.2, 0.25) is 5.72 Å². The van der Waals surface area contributed by atoms with Crippen molar-refractivity contribution >= 4 is 35.5 Å². The molecule has 220 valence electrons. The Morgan fingerprint density at radius 2 is 1.66 bits per heavy atom. The zero-order chi connectivity index (χ0) is 29.7. The van der Waals surface area contributed by atoms with Gasteiger partial charge in [-0.05, 0) is 68.3 Å². The SMILES string of the molecule is CC(C)(C)NC(=O)O[C@](C=O)(CCCCNC(=O)OCc1ccccc1)N(Cc1ccc(N)cc1)Cc1cccs1. The maximum atomic E-state index is 13.0. The molecule has 0 spiro atoms. The second kappa shape index (κ2) is 15.2. The molecule has 0 bridgehead atoms. The van der Waals surface area contributed by atoms with E-state index in [2.05, 4.69) is 10.6 Å². The highest BCUT2D eigenvalue weighted by Crippen LogP contribution is 2.29. The highest BCUT2D eigenvalue weighted by atomic mass is 32.1. The second-order valence-electron chi connectivity index (χ2n) is 10.8. The number of hydrogen-bond donors (Lipinski definition) is 3. The number of nitrogen functional groups attached to an aromatic ring is 1. The Labute approximate surface area is 246 Å². The van der Waals surface area contributed by atoms with E-state index >= 15 is 0 Å². The number of nitrogens with two attached hydrogens (primary N) is 1. The summed E-state index contributed by atoms with van der Waals surface area (Å²) in [6, 6.07) is 20.8. The molecular formula is C31H40N4O5S. The predicted molar refractivity (Wildman–Crippen MR) is 161 cm³/mol. The van der Waals surface area contributed by atoms with E-state index in [4.69, 9.17) is 15.2 Å². The van der Waals surface area contributed by atoms with Crippen molar-refractivity contribution in [2.75, 3.05) is 12.3 Å². The summed E-state index contributed by atoms with van der Waals surface area (Å²) in [5, 5.41) is 7.52. The number of ether oxygens (including phenoxy) is 2. The van der Waals surface area contributed by atoms with E-state index in [0.717, 1.165) is 16.0 Å². The number of aldehydes is 1. The largest absolute Gasteiger partial charge is 0.445 e. The van der Waals surface area contributed by atoms with Crippen LogP contribution in [0.1, 0.15) is 56.0 Å². The number of thiophene rings is 1. The fraction of sp³-hybridized carbons (Fsp3) is 0.387. The number of benzene rings is 2. The lowest BCUT2D eigenvalue weighted by atomic mass is 10.0. The highest BCUT2D eigenvalue weighted by Gasteiger charge is 2.41. The molecule has 4 N–H and O–H groups in total. The molecule has 10 heteroatoms. The number of anilines is 1. The number of unbranched alkanes of at least 4 members (excludes halogenated alkanes) is 1. The van der Waals surface area contributed by atoms with Crippen molar-refractivity contribution in [3.63, 3.8) is 0 Å². The molecule has 1 aromatic heterocycles. The zero-order valence-electron chi connectivity index (χ0n) is 23.9. The maximum Gasteiger partial charge on any atom is 0.409 e. The third-order valence-electron chi connectivity index (χ3n) is 6.19. The van der Waals surface area contributed by atoms with Gasteiger partial charge in [0, 0.05) is 42.2 Å². The summed E-state index contributed by atoms with van der Waals surface area (Å²) in [4.78, 5) is 40.9. The molecule has 0 saturated heterocycles. The first-order valence-corrected chi connectivity index (χ1v) is 14.5. The van der Waals surface area contributed by atoms with Gasteiger partial charge in [-0.2, -0.15) is 0 Å². The van der Waals surface area contributed by atoms with E-state index in [0.29, 0.717) is 44.4 Å². The van der Waals surface area contributed by atoms with Gasteiger partial charge in [0.1, 0.15) is 6.61 Å². The Morgan fingerprint density at radius 3 is 2.29 bits per heavy atom. The van der Waals surface area contributed by atoms with Crippen LogP contribution in [-0.2, 0) is 34.0 Å². The normalized spacial score (nSPS) is 12.8. The van der Waals surface area contributed by atoms with E-state index < -0.39 is 23.5 Å². The number of alkyl carbamates (subject to hydrolysis) is 2. The average Bonchev–Trinajstić information content (AvgIpc) is 3.45. The molecule has 3 rings (SSSR count). The van der Waals surface area contributed by atoms with Gasteiger partial charge < -0.3 is 25.8 Å². The Morgan fingerprint density at radius 1 is 0.927 bits per heavy atom. The number of carbonyl (C=O) groups is 3. The van der Waals surface area contributed by atoms with Crippen molar-refractivity contribution < 1.29 is 23.9 Å². The van der Waals surface area contributed by atoms with Crippen molar-refractivity contribution in [3.05, 3.63) is 88.1 Å². The summed E-state index contributed by atoms with van der Waals surface area (Å²) in [5.74, 6) is 0. The molecule has 0 aliphatic heterocycles. The number of nitrogens with zero attached hydrogens (tertiary/aromatic N) is 1. The fourth-order valence-corrected chi connectivity index (χ4v) is 4.87.